The summed E-state index contributed by atoms with van der Waals surface area (Å²) in [6.45, 7) is 3.32. The Labute approximate surface area is 258 Å². The zero-order valence-corrected chi connectivity index (χ0v) is 24.7. The van der Waals surface area contributed by atoms with Gasteiger partial charge in [-0.25, -0.2) is 15.0 Å². The first kappa shape index (κ1) is 32.0. The molecule has 1 aliphatic rings. The monoisotopic (exact) mass is 617 g/mol. The Morgan fingerprint density at radius 1 is 1.07 bits per heavy atom. The Morgan fingerprint density at radius 2 is 1.84 bits per heavy atom. The number of esters is 1. The second-order valence-corrected chi connectivity index (χ2v) is 9.57. The fourth-order valence-corrected chi connectivity index (χ4v) is 4.33. The molecule has 0 saturated carbocycles. The number of ether oxygens (including phenoxy) is 4. The van der Waals surface area contributed by atoms with E-state index < -0.39 is 28.9 Å². The van der Waals surface area contributed by atoms with Crippen LogP contribution < -0.4 is 30.3 Å². The number of carbonyl (C=O) groups is 3. The van der Waals surface area contributed by atoms with Gasteiger partial charge >= 0.3 is 12.0 Å². The lowest BCUT2D eigenvalue weighted by atomic mass is 9.95. The maximum absolute atomic E-state index is 12.6. The number of methoxy groups -OCH3 is 1. The number of hydrogen-bond donors (Lipinski definition) is 3. The third-order valence-corrected chi connectivity index (χ3v) is 6.46. The number of amides is 3. The first-order valence-corrected chi connectivity index (χ1v) is 13.7. The van der Waals surface area contributed by atoms with Crippen LogP contribution in [0.5, 0.6) is 17.2 Å². The highest BCUT2D eigenvalue weighted by molar-refractivity contribution is 5.95. The summed E-state index contributed by atoms with van der Waals surface area (Å²) in [6, 6.07) is 16.6. The van der Waals surface area contributed by atoms with E-state index in [1.807, 2.05) is 0 Å². The van der Waals surface area contributed by atoms with E-state index in [2.05, 4.69) is 21.2 Å². The van der Waals surface area contributed by atoms with Crippen LogP contribution in [0.25, 0.3) is 0 Å². The predicted octanol–water partition coefficient (Wildman–Crippen LogP) is 3.90. The number of non-ortho nitro benzene ring substituents is 1. The second kappa shape index (κ2) is 15.0. The first-order valence-electron chi connectivity index (χ1n) is 13.7. The molecule has 3 amide bonds. The molecular weight excluding hydrogens is 586 g/mol. The number of urea groups is 1. The Kier molecular flexibility index (Phi) is 10.7. The summed E-state index contributed by atoms with van der Waals surface area (Å²) >= 11 is 0. The molecule has 45 heavy (non-hydrogen) atoms. The number of nitro groups is 1. The molecule has 14 heteroatoms. The van der Waals surface area contributed by atoms with Crippen LogP contribution in [0.3, 0.4) is 0 Å². The molecule has 4 rings (SSSR count). The van der Waals surface area contributed by atoms with E-state index in [-0.39, 0.29) is 42.6 Å². The topological polar surface area (TPSA) is 180 Å². The van der Waals surface area contributed by atoms with Gasteiger partial charge in [-0.3, -0.25) is 14.9 Å². The maximum atomic E-state index is 12.6. The molecule has 234 valence electrons. The van der Waals surface area contributed by atoms with Crippen LogP contribution in [0.4, 0.5) is 10.5 Å². The minimum Gasteiger partial charge on any atom is -0.493 e. The van der Waals surface area contributed by atoms with Crippen molar-refractivity contribution in [2.45, 2.75) is 26.5 Å². The van der Waals surface area contributed by atoms with Gasteiger partial charge in [0.1, 0.15) is 12.4 Å². The summed E-state index contributed by atoms with van der Waals surface area (Å²) in [4.78, 5) is 47.5. The van der Waals surface area contributed by atoms with Gasteiger partial charge in [0, 0.05) is 17.8 Å². The van der Waals surface area contributed by atoms with Crippen LogP contribution in [0.15, 0.2) is 83.1 Å². The van der Waals surface area contributed by atoms with Crippen LogP contribution in [-0.4, -0.2) is 49.4 Å². The Morgan fingerprint density at radius 3 is 2.56 bits per heavy atom. The average molecular weight is 618 g/mol. The van der Waals surface area contributed by atoms with E-state index in [0.29, 0.717) is 22.6 Å². The number of nitrogens with zero attached hydrogens (tertiary/aromatic N) is 2. The highest BCUT2D eigenvalue weighted by Gasteiger charge is 2.32. The number of nitro benzene ring substituents is 1. The van der Waals surface area contributed by atoms with Crippen LogP contribution >= 0.6 is 0 Å². The Balaban J connectivity index is 1.32. The van der Waals surface area contributed by atoms with E-state index in [1.165, 1.54) is 25.5 Å². The van der Waals surface area contributed by atoms with Crippen molar-refractivity contribution in [3.63, 3.8) is 0 Å². The number of benzene rings is 3. The third-order valence-electron chi connectivity index (χ3n) is 6.46. The summed E-state index contributed by atoms with van der Waals surface area (Å²) in [5.74, 6) is -0.00582. The lowest BCUT2D eigenvalue weighted by Gasteiger charge is -2.28. The molecule has 1 aliphatic heterocycles. The largest absolute Gasteiger partial charge is 0.493 e. The van der Waals surface area contributed by atoms with Gasteiger partial charge in [0.2, 0.25) is 0 Å². The summed E-state index contributed by atoms with van der Waals surface area (Å²) in [7, 11) is 1.43. The summed E-state index contributed by atoms with van der Waals surface area (Å²) in [5.41, 5.74) is 5.00. The molecule has 0 aliphatic carbocycles. The molecule has 0 unspecified atom stereocenters. The number of rotatable bonds is 13. The van der Waals surface area contributed by atoms with E-state index >= 15 is 0 Å². The standard InChI is InChI=1S/C31H31N5O9/c1-4-43-30(38)28-19(2)33-31(39)34-29(28)22-10-13-25(26(15-22)42-3)45-18-27(37)35-32-16-21-6-5-7-24(14-21)44-17-20-8-11-23(12-9-20)36(40)41/h5-16,29H,4,17-18H2,1-3H3,(H,35,37)(H2,33,34,39)/b32-16+/t29-/m0/s1. The van der Waals surface area contributed by atoms with E-state index in [9.17, 15) is 24.5 Å². The zero-order chi connectivity index (χ0) is 32.3. The molecule has 3 aromatic carbocycles. The zero-order valence-electron chi connectivity index (χ0n) is 24.7. The number of hydrogen-bond acceptors (Lipinski definition) is 10. The lowest BCUT2D eigenvalue weighted by Crippen LogP contribution is -2.45. The van der Waals surface area contributed by atoms with Gasteiger partial charge in [0.05, 0.1) is 36.5 Å². The highest BCUT2D eigenvalue weighted by Crippen LogP contribution is 2.34. The van der Waals surface area contributed by atoms with E-state index in [4.69, 9.17) is 18.9 Å². The third kappa shape index (κ3) is 8.56. The summed E-state index contributed by atoms with van der Waals surface area (Å²) in [6.07, 6.45) is 1.44. The number of nitrogens with one attached hydrogen (secondary N) is 3. The quantitative estimate of drug-likeness (QED) is 0.111. The summed E-state index contributed by atoms with van der Waals surface area (Å²) < 4.78 is 22.0. The van der Waals surface area contributed by atoms with Crippen LogP contribution in [-0.2, 0) is 20.9 Å². The maximum Gasteiger partial charge on any atom is 0.338 e. The van der Waals surface area contributed by atoms with Gasteiger partial charge in [-0.1, -0.05) is 18.2 Å². The summed E-state index contributed by atoms with van der Waals surface area (Å²) in [5, 5.41) is 20.1. The van der Waals surface area contributed by atoms with Gasteiger partial charge in [-0.05, 0) is 66.9 Å². The van der Waals surface area contributed by atoms with Crippen molar-refractivity contribution in [3.05, 3.63) is 105 Å². The predicted molar refractivity (Wildman–Crippen MR) is 162 cm³/mol. The van der Waals surface area contributed by atoms with Gasteiger partial charge < -0.3 is 29.6 Å². The highest BCUT2D eigenvalue weighted by atomic mass is 16.6. The molecule has 0 radical (unpaired) electrons. The molecule has 1 atom stereocenters. The molecule has 3 N–H and O–H groups in total. The van der Waals surface area contributed by atoms with Gasteiger partial charge in [0.15, 0.2) is 18.1 Å². The van der Waals surface area contributed by atoms with Crippen molar-refractivity contribution in [2.75, 3.05) is 20.3 Å². The number of carbonyl (C=O) groups excluding carboxylic acids is 3. The molecule has 0 fully saturated rings. The molecule has 0 spiro atoms. The first-order chi connectivity index (χ1) is 21.7. The molecule has 3 aromatic rings. The molecule has 0 aromatic heterocycles. The SMILES string of the molecule is CCOC(=O)C1=C(C)NC(=O)N[C@H]1c1ccc(OCC(=O)N/N=C/c2cccc(OCc3ccc([N+](=O)[O-])cc3)c2)c(OC)c1. The number of hydrazone groups is 1. The van der Waals surface area contributed by atoms with Crippen molar-refractivity contribution in [1.29, 1.82) is 0 Å². The molecule has 0 bridgehead atoms. The smallest absolute Gasteiger partial charge is 0.338 e. The fourth-order valence-electron chi connectivity index (χ4n) is 4.33. The molecular formula is C31H31N5O9. The lowest BCUT2D eigenvalue weighted by molar-refractivity contribution is -0.384. The minimum absolute atomic E-state index is 0.00371. The van der Waals surface area contributed by atoms with E-state index in [0.717, 1.165) is 5.56 Å². The molecule has 0 saturated heterocycles. The van der Waals surface area contributed by atoms with Crippen molar-refractivity contribution in [1.82, 2.24) is 16.1 Å². The van der Waals surface area contributed by atoms with Crippen molar-refractivity contribution in [3.8, 4) is 17.2 Å². The molecule has 14 nitrogen and oxygen atoms in total. The Hall–Kier alpha value is -5.92. The number of allylic oxidation sites excluding steroid dienone is 1. The van der Waals surface area contributed by atoms with Crippen molar-refractivity contribution in [2.24, 2.45) is 5.10 Å². The van der Waals surface area contributed by atoms with Crippen LogP contribution in [0.2, 0.25) is 0 Å². The van der Waals surface area contributed by atoms with Crippen molar-refractivity contribution >= 4 is 29.8 Å². The van der Waals surface area contributed by atoms with Gasteiger partial charge in [0.25, 0.3) is 11.6 Å². The fraction of sp³-hybridized carbons (Fsp3) is 0.226. The van der Waals surface area contributed by atoms with Gasteiger partial charge in [-0.2, -0.15) is 5.10 Å². The normalized spacial score (nSPS) is 14.3. The van der Waals surface area contributed by atoms with E-state index in [1.54, 1.807) is 68.4 Å². The minimum atomic E-state index is -0.787. The van der Waals surface area contributed by atoms with Gasteiger partial charge in [-0.15, -0.1) is 0 Å². The van der Waals surface area contributed by atoms with Crippen LogP contribution in [0, 0.1) is 10.1 Å². The molecule has 1 heterocycles. The average Bonchev–Trinajstić information content (AvgIpc) is 3.02. The van der Waals surface area contributed by atoms with Crippen LogP contribution in [0.1, 0.15) is 36.6 Å². The second-order valence-electron chi connectivity index (χ2n) is 9.57. The van der Waals surface area contributed by atoms with Crippen molar-refractivity contribution < 1.29 is 38.3 Å². The Bertz CT molecular complexity index is 1640.